The number of rotatable bonds is 7. The number of carbonyl (C=O) groups excluding carboxylic acids is 2. The number of anilines is 2. The molecule has 0 heterocycles. The molecule has 2 aromatic rings. The highest BCUT2D eigenvalue weighted by atomic mass is 19.1. The topological polar surface area (TPSA) is 87.7 Å². The Bertz CT molecular complexity index is 764. The standard InChI is InChI=1S/C18H19FN2O4/c1-12-6-7-13(10-15(12)19)21-17(23)11-25-18(24)14-4-2-3-5-16(14)20-8-9-22/h2-7,10,20,22H,8-9,11H2,1H3,(H,21,23). The summed E-state index contributed by atoms with van der Waals surface area (Å²) in [7, 11) is 0. The van der Waals surface area contributed by atoms with Gasteiger partial charge in [0, 0.05) is 17.9 Å². The zero-order chi connectivity index (χ0) is 18.2. The highest BCUT2D eigenvalue weighted by Gasteiger charge is 2.14. The molecule has 3 N–H and O–H groups in total. The van der Waals surface area contributed by atoms with Crippen LogP contribution in [0, 0.1) is 12.7 Å². The van der Waals surface area contributed by atoms with Crippen molar-refractivity contribution in [2.45, 2.75) is 6.92 Å². The molecule has 25 heavy (non-hydrogen) atoms. The fraction of sp³-hybridized carbons (Fsp3) is 0.222. The molecule has 2 rings (SSSR count). The van der Waals surface area contributed by atoms with Gasteiger partial charge in [0.05, 0.1) is 12.2 Å². The van der Waals surface area contributed by atoms with Gasteiger partial charge in [0.2, 0.25) is 0 Å². The first kappa shape index (κ1) is 18.4. The normalized spacial score (nSPS) is 10.2. The van der Waals surface area contributed by atoms with Crippen LogP contribution in [-0.2, 0) is 9.53 Å². The van der Waals surface area contributed by atoms with E-state index in [4.69, 9.17) is 9.84 Å². The van der Waals surface area contributed by atoms with Crippen molar-refractivity contribution in [3.05, 3.63) is 59.4 Å². The Labute approximate surface area is 144 Å². The molecule has 0 saturated carbocycles. The van der Waals surface area contributed by atoms with Crippen LogP contribution < -0.4 is 10.6 Å². The van der Waals surface area contributed by atoms with Crippen LogP contribution in [0.25, 0.3) is 0 Å². The highest BCUT2D eigenvalue weighted by Crippen LogP contribution is 2.16. The fourth-order valence-electron chi connectivity index (χ4n) is 2.08. The van der Waals surface area contributed by atoms with E-state index in [9.17, 15) is 14.0 Å². The van der Waals surface area contributed by atoms with Crippen molar-refractivity contribution < 1.29 is 23.8 Å². The van der Waals surface area contributed by atoms with Crippen molar-refractivity contribution in [3.8, 4) is 0 Å². The van der Waals surface area contributed by atoms with Gasteiger partial charge in [-0.05, 0) is 36.8 Å². The van der Waals surface area contributed by atoms with E-state index in [1.165, 1.54) is 6.07 Å². The largest absolute Gasteiger partial charge is 0.452 e. The summed E-state index contributed by atoms with van der Waals surface area (Å²) in [5, 5.41) is 14.2. The Morgan fingerprint density at radius 1 is 1.20 bits per heavy atom. The highest BCUT2D eigenvalue weighted by molar-refractivity contribution is 5.98. The van der Waals surface area contributed by atoms with Crippen molar-refractivity contribution >= 4 is 23.3 Å². The van der Waals surface area contributed by atoms with Gasteiger partial charge in [-0.25, -0.2) is 9.18 Å². The summed E-state index contributed by atoms with van der Waals surface area (Å²) in [6, 6.07) is 10.9. The smallest absolute Gasteiger partial charge is 0.340 e. The van der Waals surface area contributed by atoms with Crippen molar-refractivity contribution in [3.63, 3.8) is 0 Å². The first-order chi connectivity index (χ1) is 12.0. The zero-order valence-electron chi connectivity index (χ0n) is 13.7. The number of ether oxygens (including phenoxy) is 1. The van der Waals surface area contributed by atoms with E-state index in [1.807, 2.05) is 0 Å². The maximum atomic E-state index is 13.4. The van der Waals surface area contributed by atoms with Gasteiger partial charge >= 0.3 is 5.97 Å². The summed E-state index contributed by atoms with van der Waals surface area (Å²) < 4.78 is 18.4. The number of halogens is 1. The van der Waals surface area contributed by atoms with Gasteiger partial charge in [0.1, 0.15) is 5.82 Å². The summed E-state index contributed by atoms with van der Waals surface area (Å²) in [6.07, 6.45) is 0. The molecule has 0 spiro atoms. The van der Waals surface area contributed by atoms with Gasteiger partial charge in [0.25, 0.3) is 5.91 Å². The average Bonchev–Trinajstić information content (AvgIpc) is 2.61. The maximum absolute atomic E-state index is 13.4. The minimum absolute atomic E-state index is 0.0844. The number of para-hydroxylation sites is 1. The molecular formula is C18H19FN2O4. The van der Waals surface area contributed by atoms with E-state index in [-0.39, 0.29) is 24.4 Å². The molecule has 6 nitrogen and oxygen atoms in total. The van der Waals surface area contributed by atoms with Gasteiger partial charge in [-0.15, -0.1) is 0 Å². The molecule has 2 aromatic carbocycles. The predicted octanol–water partition coefficient (Wildman–Crippen LogP) is 2.33. The molecule has 0 aliphatic rings. The summed E-state index contributed by atoms with van der Waals surface area (Å²) in [6.45, 7) is 1.32. The Hall–Kier alpha value is -2.93. The second kappa shape index (κ2) is 8.79. The minimum Gasteiger partial charge on any atom is -0.452 e. The number of hydrogen-bond acceptors (Lipinski definition) is 5. The first-order valence-corrected chi connectivity index (χ1v) is 7.68. The molecule has 0 bridgehead atoms. The lowest BCUT2D eigenvalue weighted by Gasteiger charge is -2.11. The maximum Gasteiger partial charge on any atom is 0.340 e. The molecular weight excluding hydrogens is 327 g/mol. The van der Waals surface area contributed by atoms with E-state index in [2.05, 4.69) is 10.6 Å². The van der Waals surface area contributed by atoms with Crippen LogP contribution in [-0.4, -0.2) is 36.7 Å². The van der Waals surface area contributed by atoms with Crippen molar-refractivity contribution in [1.82, 2.24) is 0 Å². The van der Waals surface area contributed by atoms with Crippen molar-refractivity contribution in [1.29, 1.82) is 0 Å². The van der Waals surface area contributed by atoms with E-state index in [1.54, 1.807) is 43.3 Å². The molecule has 0 atom stereocenters. The number of hydrogen-bond donors (Lipinski definition) is 3. The summed E-state index contributed by atoms with van der Waals surface area (Å²) in [5.41, 5.74) is 1.51. The zero-order valence-corrected chi connectivity index (χ0v) is 13.7. The van der Waals surface area contributed by atoms with E-state index < -0.39 is 24.3 Å². The van der Waals surface area contributed by atoms with Gasteiger partial charge in [-0.1, -0.05) is 18.2 Å². The molecule has 0 aromatic heterocycles. The van der Waals surface area contributed by atoms with Crippen molar-refractivity contribution in [2.75, 3.05) is 30.4 Å². The van der Waals surface area contributed by atoms with Gasteiger partial charge < -0.3 is 20.5 Å². The summed E-state index contributed by atoms with van der Waals surface area (Å²) >= 11 is 0. The number of aliphatic hydroxyl groups is 1. The summed E-state index contributed by atoms with van der Waals surface area (Å²) in [4.78, 5) is 24.0. The first-order valence-electron chi connectivity index (χ1n) is 7.68. The summed E-state index contributed by atoms with van der Waals surface area (Å²) in [5.74, 6) is -1.68. The van der Waals surface area contributed by atoms with Crippen molar-refractivity contribution in [2.24, 2.45) is 0 Å². The third kappa shape index (κ3) is 5.29. The molecule has 0 aliphatic carbocycles. The molecule has 132 valence electrons. The molecule has 0 radical (unpaired) electrons. The number of esters is 1. The van der Waals surface area contributed by atoms with Crippen LogP contribution in [0.4, 0.5) is 15.8 Å². The number of amides is 1. The van der Waals surface area contributed by atoms with Crippen LogP contribution >= 0.6 is 0 Å². The third-order valence-corrected chi connectivity index (χ3v) is 3.36. The molecule has 0 aliphatic heterocycles. The Balaban J connectivity index is 1.93. The van der Waals surface area contributed by atoms with Gasteiger partial charge in [0.15, 0.2) is 6.61 Å². The minimum atomic E-state index is -0.675. The monoisotopic (exact) mass is 346 g/mol. The van der Waals surface area contributed by atoms with Gasteiger partial charge in [-0.2, -0.15) is 0 Å². The molecule has 7 heteroatoms. The molecule has 0 unspecified atom stereocenters. The van der Waals surface area contributed by atoms with Crippen LogP contribution in [0.15, 0.2) is 42.5 Å². The average molecular weight is 346 g/mol. The number of benzene rings is 2. The van der Waals surface area contributed by atoms with Crippen LogP contribution in [0.5, 0.6) is 0 Å². The fourth-order valence-corrected chi connectivity index (χ4v) is 2.08. The van der Waals surface area contributed by atoms with E-state index >= 15 is 0 Å². The number of aliphatic hydroxyl groups excluding tert-OH is 1. The van der Waals surface area contributed by atoms with E-state index in [0.29, 0.717) is 11.3 Å². The second-order valence-electron chi connectivity index (χ2n) is 5.28. The second-order valence-corrected chi connectivity index (χ2v) is 5.28. The molecule has 1 amide bonds. The lowest BCUT2D eigenvalue weighted by Crippen LogP contribution is -2.21. The van der Waals surface area contributed by atoms with Gasteiger partial charge in [-0.3, -0.25) is 4.79 Å². The Morgan fingerprint density at radius 2 is 1.96 bits per heavy atom. The predicted molar refractivity (Wildman–Crippen MR) is 92.1 cm³/mol. The number of nitrogens with one attached hydrogen (secondary N) is 2. The Morgan fingerprint density at radius 3 is 2.68 bits per heavy atom. The third-order valence-electron chi connectivity index (χ3n) is 3.36. The van der Waals surface area contributed by atoms with Crippen LogP contribution in [0.1, 0.15) is 15.9 Å². The molecule has 0 fully saturated rings. The SMILES string of the molecule is Cc1ccc(NC(=O)COC(=O)c2ccccc2NCCO)cc1F. The lowest BCUT2D eigenvalue weighted by molar-refractivity contribution is -0.119. The molecule has 0 saturated heterocycles. The number of aryl methyl sites for hydroxylation is 1. The van der Waals surface area contributed by atoms with E-state index in [0.717, 1.165) is 0 Å². The number of carbonyl (C=O) groups is 2. The lowest BCUT2D eigenvalue weighted by atomic mass is 10.2. The Kier molecular flexibility index (Phi) is 6.47. The van der Waals surface area contributed by atoms with Crippen LogP contribution in [0.2, 0.25) is 0 Å². The quantitative estimate of drug-likeness (QED) is 0.670. The van der Waals surface area contributed by atoms with Crippen LogP contribution in [0.3, 0.4) is 0 Å².